The minimum atomic E-state index is -0.665. The second-order valence-corrected chi connectivity index (χ2v) is 3.25. The molecule has 1 aromatic rings. The van der Waals surface area contributed by atoms with Gasteiger partial charge in [-0.25, -0.2) is 14.2 Å². The molecule has 1 aromatic heterocycles. The van der Waals surface area contributed by atoms with E-state index in [1.807, 2.05) is 6.26 Å². The second-order valence-electron chi connectivity index (χ2n) is 2.26. The number of carbonyl (C=O) groups is 1. The van der Waals surface area contributed by atoms with Crippen molar-refractivity contribution in [2.24, 2.45) is 0 Å². The summed E-state index contributed by atoms with van der Waals surface area (Å²) in [5.41, 5.74) is 0. The number of nitrogens with zero attached hydrogens (tertiary/aromatic N) is 1. The lowest BCUT2D eigenvalue weighted by atomic mass is 10.7. The molecule has 13 heavy (non-hydrogen) atoms. The number of hydrogen-bond donors (Lipinski definition) is 1. The summed E-state index contributed by atoms with van der Waals surface area (Å²) in [6, 6.07) is -0.451. The van der Waals surface area contributed by atoms with Gasteiger partial charge in [0, 0.05) is 12.3 Å². The van der Waals surface area contributed by atoms with Crippen LogP contribution in [0, 0.1) is 0 Å². The molecular weight excluding hydrogens is 192 g/mol. The Labute approximate surface area is 79.1 Å². The molecule has 1 rings (SSSR count). The van der Waals surface area contributed by atoms with E-state index in [1.165, 1.54) is 12.5 Å². The third-order valence-electron chi connectivity index (χ3n) is 1.38. The zero-order valence-electron chi connectivity index (χ0n) is 7.15. The molecular formula is C7H10N2O3S. The fourth-order valence-electron chi connectivity index (χ4n) is 0.763. The van der Waals surface area contributed by atoms with Crippen LogP contribution in [-0.4, -0.2) is 29.2 Å². The number of amides is 1. The van der Waals surface area contributed by atoms with Crippen molar-refractivity contribution in [3.63, 3.8) is 0 Å². The molecule has 0 spiro atoms. The van der Waals surface area contributed by atoms with E-state index >= 15 is 0 Å². The first-order chi connectivity index (χ1) is 6.25. The maximum Gasteiger partial charge on any atom is 0.427 e. The van der Waals surface area contributed by atoms with Crippen molar-refractivity contribution in [2.75, 3.05) is 18.6 Å². The normalized spacial score (nSPS) is 9.92. The zero-order chi connectivity index (χ0) is 9.68. The first kappa shape index (κ1) is 9.91. The molecule has 5 nitrogen and oxygen atoms in total. The summed E-state index contributed by atoms with van der Waals surface area (Å²) in [7, 11) is 0. The monoisotopic (exact) mass is 202 g/mol. The maximum absolute atomic E-state index is 11.2. The maximum atomic E-state index is 11.2. The summed E-state index contributed by atoms with van der Waals surface area (Å²) < 4.78 is 5.32. The standard InChI is InChI=1S/C7H10N2O3S/c1-13-5-2-8-6(10)9-3-4-12-7(9)11/h3-4H,2,5H2,1H3,(H,8,10). The van der Waals surface area contributed by atoms with E-state index in [-0.39, 0.29) is 0 Å². The molecule has 0 fully saturated rings. The molecule has 1 amide bonds. The highest BCUT2D eigenvalue weighted by atomic mass is 32.2. The van der Waals surface area contributed by atoms with Gasteiger partial charge < -0.3 is 9.73 Å². The number of oxazole rings is 1. The quantitative estimate of drug-likeness (QED) is 0.719. The molecule has 0 aliphatic carbocycles. The second kappa shape index (κ2) is 4.76. The SMILES string of the molecule is CSCCNC(=O)n1ccoc1=O. The number of thioether (sulfide) groups is 1. The zero-order valence-corrected chi connectivity index (χ0v) is 7.97. The summed E-state index contributed by atoms with van der Waals surface area (Å²) in [5.74, 6) is 0.153. The number of aromatic nitrogens is 1. The van der Waals surface area contributed by atoms with E-state index in [4.69, 9.17) is 0 Å². The third-order valence-corrected chi connectivity index (χ3v) is 1.99. The summed E-state index contributed by atoms with van der Waals surface area (Å²) >= 11 is 1.62. The number of rotatable bonds is 3. The summed E-state index contributed by atoms with van der Waals surface area (Å²) in [5, 5.41) is 2.57. The van der Waals surface area contributed by atoms with Crippen molar-refractivity contribution in [2.45, 2.75) is 0 Å². The molecule has 0 unspecified atom stereocenters. The van der Waals surface area contributed by atoms with Crippen molar-refractivity contribution in [3.8, 4) is 0 Å². The minimum absolute atomic E-state index is 0.451. The Morgan fingerprint density at radius 1 is 1.77 bits per heavy atom. The van der Waals surface area contributed by atoms with Gasteiger partial charge in [0.1, 0.15) is 6.26 Å². The Hall–Kier alpha value is -1.17. The van der Waals surface area contributed by atoms with Crippen LogP contribution in [0.25, 0.3) is 0 Å². The van der Waals surface area contributed by atoms with Crippen LogP contribution in [0.15, 0.2) is 21.7 Å². The van der Waals surface area contributed by atoms with Crippen LogP contribution >= 0.6 is 11.8 Å². The van der Waals surface area contributed by atoms with Gasteiger partial charge in [0.25, 0.3) is 0 Å². The number of carbonyl (C=O) groups excluding carboxylic acids is 1. The summed E-state index contributed by atoms with van der Waals surface area (Å²) in [6.45, 7) is 0.539. The molecule has 0 aromatic carbocycles. The molecule has 0 saturated heterocycles. The van der Waals surface area contributed by atoms with Gasteiger partial charge in [0.15, 0.2) is 0 Å². The average molecular weight is 202 g/mol. The van der Waals surface area contributed by atoms with Crippen molar-refractivity contribution in [3.05, 3.63) is 23.0 Å². The topological polar surface area (TPSA) is 64.2 Å². The Balaban J connectivity index is 2.50. The highest BCUT2D eigenvalue weighted by Gasteiger charge is 2.06. The van der Waals surface area contributed by atoms with E-state index in [2.05, 4.69) is 9.73 Å². The number of nitrogens with one attached hydrogen (secondary N) is 1. The fraction of sp³-hybridized carbons (Fsp3) is 0.429. The summed E-state index contributed by atoms with van der Waals surface area (Å²) in [4.78, 5) is 22.0. The van der Waals surface area contributed by atoms with Gasteiger partial charge in [0.05, 0.1) is 6.20 Å². The smallest absolute Gasteiger partial charge is 0.416 e. The molecule has 0 aliphatic heterocycles. The van der Waals surface area contributed by atoms with Gasteiger partial charge in [0.2, 0.25) is 0 Å². The van der Waals surface area contributed by atoms with E-state index in [1.54, 1.807) is 11.8 Å². The van der Waals surface area contributed by atoms with Crippen LogP contribution in [-0.2, 0) is 0 Å². The van der Waals surface area contributed by atoms with Crippen LogP contribution in [0.4, 0.5) is 4.79 Å². The van der Waals surface area contributed by atoms with E-state index in [0.29, 0.717) is 6.54 Å². The molecule has 72 valence electrons. The van der Waals surface area contributed by atoms with Gasteiger partial charge in [-0.2, -0.15) is 11.8 Å². The van der Waals surface area contributed by atoms with Crippen molar-refractivity contribution in [1.82, 2.24) is 9.88 Å². The van der Waals surface area contributed by atoms with Crippen LogP contribution in [0.2, 0.25) is 0 Å². The third kappa shape index (κ3) is 2.66. The molecule has 1 heterocycles. The van der Waals surface area contributed by atoms with E-state index < -0.39 is 11.8 Å². The first-order valence-electron chi connectivity index (χ1n) is 3.69. The van der Waals surface area contributed by atoms with Crippen molar-refractivity contribution in [1.29, 1.82) is 0 Å². The van der Waals surface area contributed by atoms with Gasteiger partial charge >= 0.3 is 11.8 Å². The lowest BCUT2D eigenvalue weighted by Gasteiger charge is -2.01. The van der Waals surface area contributed by atoms with Crippen molar-refractivity contribution >= 4 is 17.8 Å². The Morgan fingerprint density at radius 2 is 2.54 bits per heavy atom. The minimum Gasteiger partial charge on any atom is -0.416 e. The number of hydrogen-bond acceptors (Lipinski definition) is 4. The lowest BCUT2D eigenvalue weighted by Crippen LogP contribution is -2.34. The van der Waals surface area contributed by atoms with Crippen LogP contribution < -0.4 is 11.1 Å². The van der Waals surface area contributed by atoms with Gasteiger partial charge in [-0.3, -0.25) is 0 Å². The Kier molecular flexibility index (Phi) is 3.63. The van der Waals surface area contributed by atoms with Crippen LogP contribution in [0.5, 0.6) is 0 Å². The van der Waals surface area contributed by atoms with Crippen molar-refractivity contribution < 1.29 is 9.21 Å². The first-order valence-corrected chi connectivity index (χ1v) is 5.08. The van der Waals surface area contributed by atoms with Crippen LogP contribution in [0.1, 0.15) is 0 Å². The van der Waals surface area contributed by atoms with Gasteiger partial charge in [-0.1, -0.05) is 0 Å². The van der Waals surface area contributed by atoms with E-state index in [9.17, 15) is 9.59 Å². The van der Waals surface area contributed by atoms with Gasteiger partial charge in [-0.05, 0) is 6.26 Å². The molecule has 6 heteroatoms. The predicted octanol–water partition coefficient (Wildman–Crippen LogP) is 0.362. The molecule has 1 N–H and O–H groups in total. The molecule has 0 radical (unpaired) electrons. The lowest BCUT2D eigenvalue weighted by molar-refractivity contribution is 0.241. The molecule has 0 aliphatic rings. The molecule has 0 atom stereocenters. The fourth-order valence-corrected chi connectivity index (χ4v) is 1.07. The molecule has 0 bridgehead atoms. The highest BCUT2D eigenvalue weighted by Crippen LogP contribution is 1.88. The van der Waals surface area contributed by atoms with Gasteiger partial charge in [-0.15, -0.1) is 0 Å². The molecule has 0 saturated carbocycles. The Morgan fingerprint density at radius 3 is 3.08 bits per heavy atom. The van der Waals surface area contributed by atoms with E-state index in [0.717, 1.165) is 10.3 Å². The average Bonchev–Trinajstić information content (AvgIpc) is 2.52. The summed E-state index contributed by atoms with van der Waals surface area (Å²) in [6.07, 6.45) is 4.41. The highest BCUT2D eigenvalue weighted by molar-refractivity contribution is 7.98. The predicted molar refractivity (Wildman–Crippen MR) is 50.1 cm³/mol. The Bertz CT molecular complexity index is 330. The van der Waals surface area contributed by atoms with Crippen LogP contribution in [0.3, 0.4) is 0 Å². The largest absolute Gasteiger partial charge is 0.427 e.